The van der Waals surface area contributed by atoms with Crippen LogP contribution in [0.5, 0.6) is 0 Å². The number of sulfonamides is 1. The van der Waals surface area contributed by atoms with Gasteiger partial charge in [0.25, 0.3) is 0 Å². The molecule has 0 aliphatic carbocycles. The van der Waals surface area contributed by atoms with Gasteiger partial charge in [-0.05, 0) is 41.8 Å². The molecule has 3 rings (SSSR count). The van der Waals surface area contributed by atoms with E-state index in [0.29, 0.717) is 30.8 Å². The van der Waals surface area contributed by atoms with Crippen molar-refractivity contribution in [2.24, 2.45) is 0 Å². The van der Waals surface area contributed by atoms with E-state index in [1.165, 1.54) is 16.4 Å². The van der Waals surface area contributed by atoms with E-state index in [2.05, 4.69) is 5.32 Å². The lowest BCUT2D eigenvalue weighted by Gasteiger charge is -2.25. The molecule has 0 unspecified atom stereocenters. The lowest BCUT2D eigenvalue weighted by Crippen LogP contribution is -2.36. The first kappa shape index (κ1) is 21.0. The molecule has 7 heteroatoms. The van der Waals surface area contributed by atoms with Crippen LogP contribution in [0.4, 0.5) is 10.1 Å². The Hall–Kier alpha value is -2.67. The van der Waals surface area contributed by atoms with Crippen LogP contribution in [-0.4, -0.2) is 33.2 Å². The van der Waals surface area contributed by atoms with Crippen LogP contribution in [0.25, 0.3) is 6.08 Å². The molecule has 2 aromatic rings. The number of anilines is 1. The van der Waals surface area contributed by atoms with Crippen molar-refractivity contribution in [2.45, 2.75) is 25.7 Å². The molecule has 0 radical (unpaired) electrons. The zero-order chi connectivity index (χ0) is 21.1. The molecule has 1 aliphatic heterocycles. The Balaban J connectivity index is 1.59. The number of benzene rings is 2. The standard InChI is InChI=1S/C22H25FN2O3S/c1-22(2,19-6-3-4-7-20(19)23)16-24-21(26)13-10-17-8-11-18(12-9-17)25-14-5-15-29(25,27)28/h3-4,6-13H,5,14-16H2,1-2H3,(H,24,26)/b13-10+. The molecule has 154 valence electrons. The molecule has 1 N–H and O–H groups in total. The predicted octanol–water partition coefficient (Wildman–Crippen LogP) is 3.47. The van der Waals surface area contributed by atoms with Gasteiger partial charge in [-0.2, -0.15) is 0 Å². The number of nitrogens with one attached hydrogen (secondary N) is 1. The summed E-state index contributed by atoms with van der Waals surface area (Å²) in [6.07, 6.45) is 3.71. The van der Waals surface area contributed by atoms with Gasteiger partial charge in [-0.15, -0.1) is 0 Å². The lowest BCUT2D eigenvalue weighted by atomic mass is 9.84. The van der Waals surface area contributed by atoms with E-state index in [9.17, 15) is 17.6 Å². The van der Waals surface area contributed by atoms with E-state index >= 15 is 0 Å². The summed E-state index contributed by atoms with van der Waals surface area (Å²) in [5, 5.41) is 2.81. The molecular formula is C22H25FN2O3S. The molecular weight excluding hydrogens is 391 g/mol. The Bertz CT molecular complexity index is 1010. The quantitative estimate of drug-likeness (QED) is 0.734. The van der Waals surface area contributed by atoms with Crippen LogP contribution in [0.2, 0.25) is 0 Å². The van der Waals surface area contributed by atoms with Crippen LogP contribution in [0, 0.1) is 5.82 Å². The second-order valence-corrected chi connectivity index (χ2v) is 9.76. The van der Waals surface area contributed by atoms with E-state index in [1.54, 1.807) is 48.5 Å². The van der Waals surface area contributed by atoms with E-state index < -0.39 is 15.4 Å². The van der Waals surface area contributed by atoms with Crippen molar-refractivity contribution in [2.75, 3.05) is 23.1 Å². The minimum atomic E-state index is -3.20. The van der Waals surface area contributed by atoms with E-state index in [0.717, 1.165) is 5.56 Å². The summed E-state index contributed by atoms with van der Waals surface area (Å²) in [6, 6.07) is 13.6. The maximum atomic E-state index is 14.0. The average molecular weight is 417 g/mol. The Morgan fingerprint density at radius 1 is 1.17 bits per heavy atom. The van der Waals surface area contributed by atoms with Crippen molar-refractivity contribution in [3.05, 3.63) is 71.6 Å². The minimum Gasteiger partial charge on any atom is -0.352 e. The Morgan fingerprint density at radius 3 is 2.48 bits per heavy atom. The van der Waals surface area contributed by atoms with Gasteiger partial charge in [0.15, 0.2) is 0 Å². The minimum absolute atomic E-state index is 0.179. The molecule has 0 saturated carbocycles. The van der Waals surface area contributed by atoms with Crippen molar-refractivity contribution in [1.82, 2.24) is 5.32 Å². The first-order valence-electron chi connectivity index (χ1n) is 9.50. The normalized spacial score (nSPS) is 16.3. The van der Waals surface area contributed by atoms with Crippen LogP contribution in [0.15, 0.2) is 54.6 Å². The van der Waals surface area contributed by atoms with Gasteiger partial charge in [0.05, 0.1) is 11.4 Å². The third-order valence-electron chi connectivity index (χ3n) is 5.02. The second-order valence-electron chi connectivity index (χ2n) is 7.75. The molecule has 1 heterocycles. The summed E-state index contributed by atoms with van der Waals surface area (Å²) in [5.41, 5.74) is 1.43. The first-order chi connectivity index (χ1) is 13.7. The number of carbonyl (C=O) groups excluding carboxylic acids is 1. The highest BCUT2D eigenvalue weighted by molar-refractivity contribution is 7.93. The van der Waals surface area contributed by atoms with Gasteiger partial charge in [-0.1, -0.05) is 44.2 Å². The molecule has 0 spiro atoms. The van der Waals surface area contributed by atoms with E-state index in [-0.39, 0.29) is 17.5 Å². The van der Waals surface area contributed by atoms with Crippen LogP contribution in [0.1, 0.15) is 31.4 Å². The molecule has 0 bridgehead atoms. The Labute approximate surface area is 171 Å². The smallest absolute Gasteiger partial charge is 0.244 e. The van der Waals surface area contributed by atoms with Gasteiger partial charge < -0.3 is 5.32 Å². The number of nitrogens with zero attached hydrogens (tertiary/aromatic N) is 1. The lowest BCUT2D eigenvalue weighted by molar-refractivity contribution is -0.116. The zero-order valence-electron chi connectivity index (χ0n) is 16.6. The average Bonchev–Trinajstić information content (AvgIpc) is 3.04. The third-order valence-corrected chi connectivity index (χ3v) is 6.88. The molecule has 2 aromatic carbocycles. The molecule has 5 nitrogen and oxygen atoms in total. The molecule has 0 atom stereocenters. The Kier molecular flexibility index (Phi) is 6.07. The number of rotatable bonds is 6. The fourth-order valence-electron chi connectivity index (χ4n) is 3.33. The summed E-state index contributed by atoms with van der Waals surface area (Å²) < 4.78 is 39.4. The fraction of sp³-hybridized carbons (Fsp3) is 0.318. The van der Waals surface area contributed by atoms with Crippen molar-refractivity contribution >= 4 is 27.7 Å². The summed E-state index contributed by atoms with van der Waals surface area (Å²) in [6.45, 7) is 4.54. The third kappa shape index (κ3) is 5.03. The van der Waals surface area contributed by atoms with Crippen molar-refractivity contribution in [3.63, 3.8) is 0 Å². The highest BCUT2D eigenvalue weighted by atomic mass is 32.2. The van der Waals surface area contributed by atoms with Crippen LogP contribution >= 0.6 is 0 Å². The summed E-state index contributed by atoms with van der Waals surface area (Å²) in [4.78, 5) is 12.2. The van der Waals surface area contributed by atoms with Crippen LogP contribution in [0.3, 0.4) is 0 Å². The summed E-state index contributed by atoms with van der Waals surface area (Å²) in [7, 11) is -3.20. The topological polar surface area (TPSA) is 66.5 Å². The van der Waals surface area contributed by atoms with Gasteiger partial charge in [0, 0.05) is 24.6 Å². The van der Waals surface area contributed by atoms with Crippen molar-refractivity contribution < 1.29 is 17.6 Å². The fourth-order valence-corrected chi connectivity index (χ4v) is 4.89. The number of halogens is 1. The van der Waals surface area contributed by atoms with Crippen LogP contribution in [-0.2, 0) is 20.2 Å². The number of carbonyl (C=O) groups is 1. The van der Waals surface area contributed by atoms with Gasteiger partial charge in [-0.25, -0.2) is 12.8 Å². The maximum absolute atomic E-state index is 14.0. The molecule has 1 saturated heterocycles. The first-order valence-corrected chi connectivity index (χ1v) is 11.1. The van der Waals surface area contributed by atoms with Gasteiger partial charge in [0.2, 0.25) is 15.9 Å². The summed E-state index contributed by atoms with van der Waals surface area (Å²) >= 11 is 0. The molecule has 1 amide bonds. The van der Waals surface area contributed by atoms with E-state index in [1.807, 2.05) is 13.8 Å². The monoisotopic (exact) mass is 416 g/mol. The SMILES string of the molecule is CC(C)(CNC(=O)/C=C/c1ccc(N2CCCS2(=O)=O)cc1)c1ccccc1F. The molecule has 0 aromatic heterocycles. The second kappa shape index (κ2) is 8.37. The Morgan fingerprint density at radius 2 is 1.86 bits per heavy atom. The van der Waals surface area contributed by atoms with Crippen LogP contribution < -0.4 is 9.62 Å². The molecule has 1 aliphatic rings. The largest absolute Gasteiger partial charge is 0.352 e. The highest BCUT2D eigenvalue weighted by Crippen LogP contribution is 2.25. The predicted molar refractivity (Wildman–Crippen MR) is 114 cm³/mol. The van der Waals surface area contributed by atoms with Crippen molar-refractivity contribution in [3.8, 4) is 0 Å². The van der Waals surface area contributed by atoms with Crippen molar-refractivity contribution in [1.29, 1.82) is 0 Å². The maximum Gasteiger partial charge on any atom is 0.244 e. The number of amides is 1. The number of hydrogen-bond acceptors (Lipinski definition) is 3. The highest BCUT2D eigenvalue weighted by Gasteiger charge is 2.28. The van der Waals surface area contributed by atoms with Gasteiger partial charge in [-0.3, -0.25) is 9.10 Å². The summed E-state index contributed by atoms with van der Waals surface area (Å²) in [5.74, 6) is -0.388. The molecule has 29 heavy (non-hydrogen) atoms. The van der Waals surface area contributed by atoms with Gasteiger partial charge in [0.1, 0.15) is 5.82 Å². The number of hydrogen-bond donors (Lipinski definition) is 1. The van der Waals surface area contributed by atoms with E-state index in [4.69, 9.17) is 0 Å². The molecule has 1 fully saturated rings. The van der Waals surface area contributed by atoms with Gasteiger partial charge >= 0.3 is 0 Å². The zero-order valence-corrected chi connectivity index (χ0v) is 17.4.